The van der Waals surface area contributed by atoms with Gasteiger partial charge in [0.2, 0.25) is 11.8 Å². The summed E-state index contributed by atoms with van der Waals surface area (Å²) < 4.78 is -0.525. The standard InChI is InChI=1S/C30H31N3O6S2/c1-21-9-8-14-24(17-21)30(22-10-4-2-5-11-22,23-12-6-3-7-13-23)41-40-20-26(35)31-18-25(34)32-19-29(38)39-33-27(36)15-16-28(33)37/h2-14,21H,15-20H2,1H3,(H,31,35)(H,32,34). The number of allylic oxidation sites excluding steroid dienone is 3. The molecule has 1 atom stereocenters. The van der Waals surface area contributed by atoms with Gasteiger partial charge in [-0.05, 0) is 29.0 Å². The van der Waals surface area contributed by atoms with Crippen molar-refractivity contribution in [3.05, 3.63) is 95.6 Å². The minimum absolute atomic E-state index is 0.0214. The van der Waals surface area contributed by atoms with Crippen LogP contribution in [0.25, 0.3) is 0 Å². The van der Waals surface area contributed by atoms with Crippen LogP contribution < -0.4 is 10.6 Å². The highest BCUT2D eigenvalue weighted by molar-refractivity contribution is 8.77. The van der Waals surface area contributed by atoms with E-state index in [4.69, 9.17) is 4.84 Å². The molecule has 1 saturated heterocycles. The Hall–Kier alpha value is -3.83. The number of rotatable bonds is 12. The van der Waals surface area contributed by atoms with Crippen molar-refractivity contribution in [3.8, 4) is 0 Å². The fourth-order valence-corrected chi connectivity index (χ4v) is 7.66. The Balaban J connectivity index is 1.34. The van der Waals surface area contributed by atoms with Crippen LogP contribution in [0.2, 0.25) is 0 Å². The van der Waals surface area contributed by atoms with Gasteiger partial charge in [0.05, 0.1) is 17.0 Å². The molecule has 4 amide bonds. The molecule has 11 heteroatoms. The number of nitrogens with one attached hydrogen (secondary N) is 2. The van der Waals surface area contributed by atoms with E-state index in [2.05, 4.69) is 60.1 Å². The predicted molar refractivity (Wildman–Crippen MR) is 158 cm³/mol. The highest BCUT2D eigenvalue weighted by Crippen LogP contribution is 2.55. The molecular formula is C30H31N3O6S2. The summed E-state index contributed by atoms with van der Waals surface area (Å²) in [5.74, 6) is -2.64. The average Bonchev–Trinajstić information content (AvgIpc) is 3.30. The van der Waals surface area contributed by atoms with E-state index in [0.29, 0.717) is 11.0 Å². The lowest BCUT2D eigenvalue weighted by Gasteiger charge is -2.38. The van der Waals surface area contributed by atoms with Crippen molar-refractivity contribution >= 4 is 51.2 Å². The molecule has 1 aliphatic carbocycles. The van der Waals surface area contributed by atoms with Crippen LogP contribution in [-0.2, 0) is 33.6 Å². The highest BCUT2D eigenvalue weighted by atomic mass is 33.1. The van der Waals surface area contributed by atoms with Crippen molar-refractivity contribution in [1.29, 1.82) is 0 Å². The molecule has 2 N–H and O–H groups in total. The maximum atomic E-state index is 12.7. The van der Waals surface area contributed by atoms with Crippen LogP contribution >= 0.6 is 21.6 Å². The molecule has 2 aromatic carbocycles. The van der Waals surface area contributed by atoms with Gasteiger partial charge in [-0.25, -0.2) is 4.79 Å². The Morgan fingerprint density at radius 2 is 1.49 bits per heavy atom. The molecule has 1 aliphatic heterocycles. The summed E-state index contributed by atoms with van der Waals surface area (Å²) >= 11 is 0. The van der Waals surface area contributed by atoms with E-state index >= 15 is 0 Å². The zero-order valence-electron chi connectivity index (χ0n) is 22.5. The molecule has 1 fully saturated rings. The molecule has 0 radical (unpaired) electrons. The number of carbonyl (C=O) groups is 5. The van der Waals surface area contributed by atoms with Crippen LogP contribution in [0.4, 0.5) is 0 Å². The average molecular weight is 594 g/mol. The SMILES string of the molecule is CC1C=CC=C(C(SSCC(=O)NCC(=O)NCC(=O)ON2C(=O)CCC2=O)(c2ccccc2)c2ccccc2)C1. The van der Waals surface area contributed by atoms with Gasteiger partial charge in [0.15, 0.2) is 0 Å². The first kappa shape index (κ1) is 30.1. The smallest absolute Gasteiger partial charge is 0.346 e. The minimum atomic E-state index is -0.959. The molecule has 2 aromatic rings. The summed E-state index contributed by atoms with van der Waals surface area (Å²) in [4.78, 5) is 64.4. The molecule has 4 rings (SSSR count). The van der Waals surface area contributed by atoms with Gasteiger partial charge in [-0.2, -0.15) is 0 Å². The maximum absolute atomic E-state index is 12.7. The number of hydrogen-bond acceptors (Lipinski definition) is 8. The normalized spacial score (nSPS) is 16.8. The van der Waals surface area contributed by atoms with Gasteiger partial charge < -0.3 is 15.5 Å². The first-order chi connectivity index (χ1) is 19.8. The number of hydroxylamine groups is 2. The topological polar surface area (TPSA) is 122 Å². The van der Waals surface area contributed by atoms with Crippen LogP contribution in [0.5, 0.6) is 0 Å². The summed E-state index contributed by atoms with van der Waals surface area (Å²) in [6.45, 7) is 1.30. The van der Waals surface area contributed by atoms with E-state index in [1.165, 1.54) is 16.4 Å². The third-order valence-corrected chi connectivity index (χ3v) is 9.48. The largest absolute Gasteiger partial charge is 0.352 e. The molecule has 9 nitrogen and oxygen atoms in total. The van der Waals surface area contributed by atoms with Crippen molar-refractivity contribution in [2.45, 2.75) is 30.9 Å². The fraction of sp³-hybridized carbons (Fsp3) is 0.300. The van der Waals surface area contributed by atoms with Gasteiger partial charge >= 0.3 is 5.97 Å². The molecule has 0 bridgehead atoms. The van der Waals surface area contributed by atoms with E-state index in [-0.39, 0.29) is 31.0 Å². The first-order valence-electron chi connectivity index (χ1n) is 13.2. The van der Waals surface area contributed by atoms with E-state index in [1.54, 1.807) is 10.8 Å². The maximum Gasteiger partial charge on any atom is 0.352 e. The molecule has 0 aromatic heterocycles. The quantitative estimate of drug-likeness (QED) is 0.283. The summed E-state index contributed by atoms with van der Waals surface area (Å²) in [7, 11) is 3.01. The third kappa shape index (κ3) is 7.68. The van der Waals surface area contributed by atoms with Crippen molar-refractivity contribution in [3.63, 3.8) is 0 Å². The van der Waals surface area contributed by atoms with Gasteiger partial charge in [0.1, 0.15) is 6.54 Å². The number of imide groups is 1. The molecule has 0 spiro atoms. The second-order valence-corrected chi connectivity index (χ2v) is 12.1. The number of nitrogens with zero attached hydrogens (tertiary/aromatic N) is 1. The van der Waals surface area contributed by atoms with Crippen LogP contribution in [0.3, 0.4) is 0 Å². The highest BCUT2D eigenvalue weighted by Gasteiger charge is 2.40. The molecule has 2 aliphatic rings. The summed E-state index contributed by atoms with van der Waals surface area (Å²) in [5, 5.41) is 5.29. The lowest BCUT2D eigenvalue weighted by Crippen LogP contribution is -2.41. The van der Waals surface area contributed by atoms with Crippen molar-refractivity contribution in [2.75, 3.05) is 18.8 Å². The lowest BCUT2D eigenvalue weighted by molar-refractivity contribution is -0.196. The Labute approximate surface area is 246 Å². The van der Waals surface area contributed by atoms with Crippen LogP contribution in [0.1, 0.15) is 37.3 Å². The molecule has 0 saturated carbocycles. The van der Waals surface area contributed by atoms with Gasteiger partial charge in [0.25, 0.3) is 11.8 Å². The van der Waals surface area contributed by atoms with Gasteiger partial charge in [-0.3, -0.25) is 19.2 Å². The van der Waals surface area contributed by atoms with Gasteiger partial charge in [-0.15, -0.1) is 5.06 Å². The lowest BCUT2D eigenvalue weighted by atomic mass is 9.78. The number of hydrogen-bond donors (Lipinski definition) is 2. The van der Waals surface area contributed by atoms with Crippen molar-refractivity contribution in [2.24, 2.45) is 5.92 Å². The van der Waals surface area contributed by atoms with Crippen LogP contribution in [-0.4, -0.2) is 53.5 Å². The number of amides is 4. The van der Waals surface area contributed by atoms with Crippen LogP contribution in [0, 0.1) is 5.92 Å². The molecule has 1 unspecified atom stereocenters. The monoisotopic (exact) mass is 593 g/mol. The predicted octanol–water partition coefficient (Wildman–Crippen LogP) is 3.67. The third-order valence-electron chi connectivity index (χ3n) is 6.54. The van der Waals surface area contributed by atoms with Crippen LogP contribution in [0.15, 0.2) is 84.5 Å². The first-order valence-corrected chi connectivity index (χ1v) is 15.5. The Morgan fingerprint density at radius 1 is 0.902 bits per heavy atom. The van der Waals surface area contributed by atoms with Crippen molar-refractivity contribution in [1.82, 2.24) is 15.7 Å². The minimum Gasteiger partial charge on any atom is -0.346 e. The number of carbonyl (C=O) groups excluding carboxylic acids is 5. The molecule has 214 valence electrons. The molecule has 41 heavy (non-hydrogen) atoms. The Kier molecular flexibility index (Phi) is 10.4. The Morgan fingerprint density at radius 3 is 2.07 bits per heavy atom. The zero-order valence-corrected chi connectivity index (χ0v) is 24.2. The van der Waals surface area contributed by atoms with E-state index < -0.39 is 35.0 Å². The molecule has 1 heterocycles. The summed E-state index contributed by atoms with van der Waals surface area (Å²) in [5.41, 5.74) is 3.47. The van der Waals surface area contributed by atoms with E-state index in [9.17, 15) is 24.0 Å². The van der Waals surface area contributed by atoms with Gasteiger partial charge in [0, 0.05) is 12.8 Å². The second-order valence-electron chi connectivity index (χ2n) is 9.62. The summed E-state index contributed by atoms with van der Waals surface area (Å²) in [6.07, 6.45) is 7.28. The fourth-order valence-electron chi connectivity index (χ4n) is 4.56. The van der Waals surface area contributed by atoms with Crippen molar-refractivity contribution < 1.29 is 28.8 Å². The van der Waals surface area contributed by atoms with E-state index in [1.807, 2.05) is 36.4 Å². The Bertz CT molecular complexity index is 1290. The second kappa shape index (κ2) is 14.2. The molecular weight excluding hydrogens is 562 g/mol. The summed E-state index contributed by atoms with van der Waals surface area (Å²) in [6, 6.07) is 20.5. The van der Waals surface area contributed by atoms with Gasteiger partial charge in [-0.1, -0.05) is 107 Å². The number of benzene rings is 2. The van der Waals surface area contributed by atoms with E-state index in [0.717, 1.165) is 17.5 Å². The zero-order chi connectivity index (χ0) is 29.2.